The van der Waals surface area contributed by atoms with Gasteiger partial charge in [-0.25, -0.2) is 0 Å². The van der Waals surface area contributed by atoms with Crippen molar-refractivity contribution in [2.75, 3.05) is 5.75 Å². The van der Waals surface area contributed by atoms with Crippen LogP contribution < -0.4 is 0 Å². The number of carbonyl (C=O) groups is 1. The van der Waals surface area contributed by atoms with Crippen LogP contribution in [0.25, 0.3) is 0 Å². The smallest absolute Gasteiger partial charge is 0.303 e. The van der Waals surface area contributed by atoms with Crippen LogP contribution in [0, 0.1) is 6.92 Å². The summed E-state index contributed by atoms with van der Waals surface area (Å²) >= 11 is 3.10. The number of aliphatic carboxylic acids is 1. The first-order chi connectivity index (χ1) is 6.18. The van der Waals surface area contributed by atoms with Gasteiger partial charge in [0.25, 0.3) is 0 Å². The Bertz CT molecular complexity index is 288. The second-order valence-corrected chi connectivity index (χ2v) is 4.96. The minimum Gasteiger partial charge on any atom is -0.481 e. The molecule has 0 atom stereocenters. The molecule has 1 aromatic rings. The van der Waals surface area contributed by atoms with Crippen LogP contribution in [-0.2, 0) is 4.79 Å². The van der Waals surface area contributed by atoms with Gasteiger partial charge in [-0.05, 0) is 13.3 Å². The largest absolute Gasteiger partial charge is 0.481 e. The highest BCUT2D eigenvalue weighted by Gasteiger charge is 2.01. The number of carboxylic acids is 1. The predicted octanol–water partition coefficient (Wildman–Crippen LogP) is 1.80. The average molecular weight is 218 g/mol. The van der Waals surface area contributed by atoms with Crippen LogP contribution in [0.1, 0.15) is 17.8 Å². The third-order valence-corrected chi connectivity index (χ3v) is 3.33. The molecule has 1 aromatic heterocycles. The van der Waals surface area contributed by atoms with Gasteiger partial charge < -0.3 is 5.11 Å². The van der Waals surface area contributed by atoms with Crippen LogP contribution in [0.2, 0.25) is 0 Å². The Labute approximate surface area is 84.4 Å². The van der Waals surface area contributed by atoms with Crippen molar-refractivity contribution in [2.45, 2.75) is 24.1 Å². The lowest BCUT2D eigenvalue weighted by atomic mass is 10.3. The Balaban J connectivity index is 2.16. The summed E-state index contributed by atoms with van der Waals surface area (Å²) in [5.74, 6) is 0.0510. The molecule has 4 nitrogen and oxygen atoms in total. The molecule has 1 heterocycles. The van der Waals surface area contributed by atoms with Gasteiger partial charge in [0.05, 0.1) is 0 Å². The van der Waals surface area contributed by atoms with Crippen molar-refractivity contribution in [2.24, 2.45) is 0 Å². The zero-order valence-corrected chi connectivity index (χ0v) is 8.82. The lowest BCUT2D eigenvalue weighted by Crippen LogP contribution is -1.94. The number of rotatable bonds is 5. The highest BCUT2D eigenvalue weighted by atomic mass is 32.2. The summed E-state index contributed by atoms with van der Waals surface area (Å²) in [7, 11) is 0. The number of hydrogen-bond acceptors (Lipinski definition) is 5. The zero-order valence-electron chi connectivity index (χ0n) is 7.19. The monoisotopic (exact) mass is 218 g/mol. The molecular formula is C7H10N2O2S2. The van der Waals surface area contributed by atoms with Crippen molar-refractivity contribution in [3.05, 3.63) is 5.01 Å². The summed E-state index contributed by atoms with van der Waals surface area (Å²) < 4.78 is 0.919. The fraction of sp³-hybridized carbons (Fsp3) is 0.571. The van der Waals surface area contributed by atoms with Gasteiger partial charge in [0.1, 0.15) is 5.01 Å². The van der Waals surface area contributed by atoms with Gasteiger partial charge in [-0.15, -0.1) is 10.2 Å². The first-order valence-corrected chi connectivity index (χ1v) is 5.63. The topological polar surface area (TPSA) is 63.1 Å². The normalized spacial score (nSPS) is 10.2. The fourth-order valence-electron chi connectivity index (χ4n) is 0.720. The molecule has 0 aliphatic heterocycles. The van der Waals surface area contributed by atoms with Crippen molar-refractivity contribution >= 4 is 29.1 Å². The molecule has 1 N–H and O–H groups in total. The predicted molar refractivity (Wildman–Crippen MR) is 52.2 cm³/mol. The van der Waals surface area contributed by atoms with Crippen molar-refractivity contribution in [1.82, 2.24) is 10.2 Å². The summed E-state index contributed by atoms with van der Waals surface area (Å²) in [5.41, 5.74) is 0. The maximum absolute atomic E-state index is 10.2. The van der Waals surface area contributed by atoms with Gasteiger partial charge in [-0.1, -0.05) is 23.1 Å². The van der Waals surface area contributed by atoms with Crippen molar-refractivity contribution in [3.63, 3.8) is 0 Å². The summed E-state index contributed by atoms with van der Waals surface area (Å²) in [6.07, 6.45) is 0.906. The van der Waals surface area contributed by atoms with Crippen LogP contribution in [0.15, 0.2) is 4.34 Å². The molecule has 0 unspecified atom stereocenters. The Hall–Kier alpha value is -0.620. The highest BCUT2D eigenvalue weighted by Crippen LogP contribution is 2.22. The lowest BCUT2D eigenvalue weighted by molar-refractivity contribution is -0.137. The summed E-state index contributed by atoms with van der Waals surface area (Å²) in [5, 5.41) is 17.1. The number of carboxylic acid groups (broad SMARTS) is 1. The van der Waals surface area contributed by atoms with Crippen molar-refractivity contribution < 1.29 is 9.90 Å². The van der Waals surface area contributed by atoms with E-state index < -0.39 is 5.97 Å². The molecule has 0 aromatic carbocycles. The maximum atomic E-state index is 10.2. The van der Waals surface area contributed by atoms with Crippen LogP contribution in [0.3, 0.4) is 0 Å². The minimum atomic E-state index is -0.742. The van der Waals surface area contributed by atoms with Gasteiger partial charge in [-0.3, -0.25) is 4.79 Å². The van der Waals surface area contributed by atoms with Gasteiger partial charge in [-0.2, -0.15) is 0 Å². The molecule has 6 heteroatoms. The molecular weight excluding hydrogens is 208 g/mol. The minimum absolute atomic E-state index is 0.227. The van der Waals surface area contributed by atoms with Gasteiger partial charge in [0.15, 0.2) is 4.34 Å². The Morgan fingerprint density at radius 2 is 2.38 bits per heavy atom. The van der Waals surface area contributed by atoms with Crippen LogP contribution in [-0.4, -0.2) is 27.0 Å². The standard InChI is InChI=1S/C7H10N2O2S2/c1-5-8-9-7(13-5)12-4-2-3-6(10)11/h2-4H2,1H3,(H,10,11). The van der Waals surface area contributed by atoms with E-state index >= 15 is 0 Å². The van der Waals surface area contributed by atoms with Gasteiger partial charge in [0.2, 0.25) is 0 Å². The van der Waals surface area contributed by atoms with Crippen molar-refractivity contribution in [3.8, 4) is 0 Å². The van der Waals surface area contributed by atoms with E-state index in [2.05, 4.69) is 10.2 Å². The molecule has 72 valence electrons. The molecule has 0 radical (unpaired) electrons. The molecule has 13 heavy (non-hydrogen) atoms. The molecule has 0 aliphatic rings. The SMILES string of the molecule is Cc1nnc(SCCCC(=O)O)s1. The zero-order chi connectivity index (χ0) is 9.68. The first-order valence-electron chi connectivity index (χ1n) is 3.83. The van der Waals surface area contributed by atoms with E-state index in [0.717, 1.165) is 15.1 Å². The van der Waals surface area contributed by atoms with Crippen LogP contribution in [0.5, 0.6) is 0 Å². The number of hydrogen-bond donors (Lipinski definition) is 1. The summed E-state index contributed by atoms with van der Waals surface area (Å²) in [6, 6.07) is 0. The van der Waals surface area contributed by atoms with E-state index in [1.807, 2.05) is 6.92 Å². The molecule has 1 rings (SSSR count). The quantitative estimate of drug-likeness (QED) is 0.603. The molecule has 0 bridgehead atoms. The molecule has 0 amide bonds. The third kappa shape index (κ3) is 4.23. The Morgan fingerprint density at radius 1 is 1.62 bits per heavy atom. The van der Waals surface area contributed by atoms with E-state index in [-0.39, 0.29) is 6.42 Å². The van der Waals surface area contributed by atoms with Crippen LogP contribution >= 0.6 is 23.1 Å². The molecule has 0 saturated heterocycles. The first kappa shape index (κ1) is 10.5. The average Bonchev–Trinajstić information content (AvgIpc) is 2.45. The Morgan fingerprint density at radius 3 is 2.92 bits per heavy atom. The lowest BCUT2D eigenvalue weighted by Gasteiger charge is -1.93. The number of thioether (sulfide) groups is 1. The van der Waals surface area contributed by atoms with Crippen molar-refractivity contribution in [1.29, 1.82) is 0 Å². The van der Waals surface area contributed by atoms with E-state index in [1.54, 1.807) is 11.8 Å². The third-order valence-electron chi connectivity index (χ3n) is 1.27. The summed E-state index contributed by atoms with van der Waals surface area (Å²) in [6.45, 7) is 1.90. The Kier molecular flexibility index (Phi) is 4.17. The number of aryl methyl sites for hydroxylation is 1. The van der Waals surface area contributed by atoms with E-state index in [9.17, 15) is 4.79 Å². The van der Waals surface area contributed by atoms with Gasteiger partial charge >= 0.3 is 5.97 Å². The second kappa shape index (κ2) is 5.18. The highest BCUT2D eigenvalue weighted by molar-refractivity contribution is 8.01. The molecule has 0 spiro atoms. The molecule has 0 aliphatic carbocycles. The number of nitrogens with zero attached hydrogens (tertiary/aromatic N) is 2. The van der Waals surface area contributed by atoms with E-state index in [1.165, 1.54) is 11.3 Å². The molecule has 0 fully saturated rings. The van der Waals surface area contributed by atoms with Gasteiger partial charge in [0, 0.05) is 12.2 Å². The summed E-state index contributed by atoms with van der Waals surface area (Å²) in [4.78, 5) is 10.2. The van der Waals surface area contributed by atoms with Crippen LogP contribution in [0.4, 0.5) is 0 Å². The maximum Gasteiger partial charge on any atom is 0.303 e. The van der Waals surface area contributed by atoms with E-state index in [0.29, 0.717) is 6.42 Å². The second-order valence-electron chi connectivity index (χ2n) is 2.43. The number of aromatic nitrogens is 2. The fourth-order valence-corrected chi connectivity index (χ4v) is 2.54. The molecule has 0 saturated carbocycles. The van der Waals surface area contributed by atoms with E-state index in [4.69, 9.17) is 5.11 Å².